The van der Waals surface area contributed by atoms with Gasteiger partial charge in [0.1, 0.15) is 5.75 Å². The standard InChI is InChI=1S/C8H5F3N2O2/c9-8(10,11)15-6-3-7(14)13-4-5(6)1-2-12/h3-4H,1H2,(H,13,14). The fraction of sp³-hybridized carbons (Fsp3) is 0.250. The number of nitrogens with zero attached hydrogens (tertiary/aromatic N) is 1. The van der Waals surface area contributed by atoms with Crippen LogP contribution in [0.25, 0.3) is 0 Å². The van der Waals surface area contributed by atoms with E-state index >= 15 is 0 Å². The summed E-state index contributed by atoms with van der Waals surface area (Å²) in [6.07, 6.45) is -4.13. The minimum absolute atomic E-state index is 0.0191. The van der Waals surface area contributed by atoms with Gasteiger partial charge < -0.3 is 9.72 Å². The molecular weight excluding hydrogens is 213 g/mol. The summed E-state index contributed by atoms with van der Waals surface area (Å²) in [6.45, 7) is 0. The van der Waals surface area contributed by atoms with Crippen molar-refractivity contribution in [1.82, 2.24) is 4.98 Å². The molecule has 0 unspecified atom stereocenters. The second kappa shape index (κ2) is 4.04. The summed E-state index contributed by atoms with van der Waals surface area (Å²) in [5.41, 5.74) is -0.745. The van der Waals surface area contributed by atoms with Crippen LogP contribution in [-0.4, -0.2) is 11.3 Å². The van der Waals surface area contributed by atoms with Crippen LogP contribution < -0.4 is 10.3 Å². The van der Waals surface area contributed by atoms with E-state index in [-0.39, 0.29) is 12.0 Å². The second-order valence-electron chi connectivity index (χ2n) is 2.57. The number of halogens is 3. The SMILES string of the molecule is N#CCc1c[nH]c(=O)cc1OC(F)(F)F. The van der Waals surface area contributed by atoms with Crippen LogP contribution in [0.5, 0.6) is 5.75 Å². The quantitative estimate of drug-likeness (QED) is 0.814. The Bertz CT molecular complexity index is 444. The number of nitrogens with one attached hydrogen (secondary N) is 1. The van der Waals surface area contributed by atoms with E-state index in [0.29, 0.717) is 6.07 Å². The lowest BCUT2D eigenvalue weighted by atomic mass is 10.2. The van der Waals surface area contributed by atoms with Crippen molar-refractivity contribution in [3.63, 3.8) is 0 Å². The first-order chi connectivity index (χ1) is 6.92. The van der Waals surface area contributed by atoms with Crippen LogP contribution in [0, 0.1) is 11.3 Å². The molecule has 0 radical (unpaired) electrons. The highest BCUT2D eigenvalue weighted by molar-refractivity contribution is 5.32. The smallest absolute Gasteiger partial charge is 0.405 e. The first-order valence-electron chi connectivity index (χ1n) is 3.76. The van der Waals surface area contributed by atoms with E-state index < -0.39 is 17.7 Å². The van der Waals surface area contributed by atoms with E-state index in [1.54, 1.807) is 6.07 Å². The number of alkyl halides is 3. The lowest BCUT2D eigenvalue weighted by Gasteiger charge is -2.10. The monoisotopic (exact) mass is 218 g/mol. The number of rotatable bonds is 2. The number of aromatic amines is 1. The molecule has 0 atom stereocenters. The molecule has 0 fully saturated rings. The summed E-state index contributed by atoms with van der Waals surface area (Å²) in [6, 6.07) is 2.31. The van der Waals surface area contributed by atoms with Gasteiger partial charge in [-0.2, -0.15) is 5.26 Å². The van der Waals surface area contributed by atoms with E-state index in [2.05, 4.69) is 9.72 Å². The number of H-pyrrole nitrogens is 1. The van der Waals surface area contributed by atoms with E-state index in [1.165, 1.54) is 0 Å². The summed E-state index contributed by atoms with van der Waals surface area (Å²) in [7, 11) is 0. The van der Waals surface area contributed by atoms with Gasteiger partial charge in [0.25, 0.3) is 5.56 Å². The number of aromatic nitrogens is 1. The minimum Gasteiger partial charge on any atom is -0.405 e. The Balaban J connectivity index is 3.08. The van der Waals surface area contributed by atoms with Gasteiger partial charge in [-0.15, -0.1) is 13.2 Å². The predicted octanol–water partition coefficient (Wildman–Crippen LogP) is 1.34. The van der Waals surface area contributed by atoms with Crippen LogP contribution >= 0.6 is 0 Å². The summed E-state index contributed by atoms with van der Waals surface area (Å²) in [5.74, 6) is -0.646. The van der Waals surface area contributed by atoms with Crippen LogP contribution in [0.1, 0.15) is 5.56 Å². The van der Waals surface area contributed by atoms with Gasteiger partial charge in [0.05, 0.1) is 12.5 Å². The van der Waals surface area contributed by atoms with Gasteiger partial charge in [-0.3, -0.25) is 4.79 Å². The molecule has 15 heavy (non-hydrogen) atoms. The average molecular weight is 218 g/mol. The van der Waals surface area contributed by atoms with Crippen molar-refractivity contribution in [2.45, 2.75) is 12.8 Å². The molecule has 0 aliphatic carbocycles. The largest absolute Gasteiger partial charge is 0.573 e. The van der Waals surface area contributed by atoms with Crippen LogP contribution in [-0.2, 0) is 6.42 Å². The Hall–Kier alpha value is -1.97. The molecule has 0 aliphatic heterocycles. The maximum absolute atomic E-state index is 11.9. The summed E-state index contributed by atoms with van der Waals surface area (Å²) < 4.78 is 39.2. The molecule has 0 aliphatic rings. The molecule has 7 heteroatoms. The summed E-state index contributed by atoms with van der Waals surface area (Å²) >= 11 is 0. The van der Waals surface area contributed by atoms with Crippen molar-refractivity contribution < 1.29 is 17.9 Å². The topological polar surface area (TPSA) is 65.9 Å². The lowest BCUT2D eigenvalue weighted by molar-refractivity contribution is -0.274. The maximum Gasteiger partial charge on any atom is 0.573 e. The highest BCUT2D eigenvalue weighted by Crippen LogP contribution is 2.24. The number of ether oxygens (including phenoxy) is 1. The van der Waals surface area contributed by atoms with E-state index in [9.17, 15) is 18.0 Å². The number of nitriles is 1. The lowest BCUT2D eigenvalue weighted by Crippen LogP contribution is -2.20. The highest BCUT2D eigenvalue weighted by atomic mass is 19.4. The van der Waals surface area contributed by atoms with Gasteiger partial charge in [0.2, 0.25) is 0 Å². The number of hydrogen-bond acceptors (Lipinski definition) is 3. The fourth-order valence-corrected chi connectivity index (χ4v) is 0.926. The molecule has 0 aromatic carbocycles. The second-order valence-corrected chi connectivity index (χ2v) is 2.57. The Kier molecular flexibility index (Phi) is 2.99. The van der Waals surface area contributed by atoms with E-state index in [4.69, 9.17) is 5.26 Å². The van der Waals surface area contributed by atoms with Crippen molar-refractivity contribution in [2.75, 3.05) is 0 Å². The van der Waals surface area contributed by atoms with Crippen molar-refractivity contribution in [3.05, 3.63) is 28.2 Å². The van der Waals surface area contributed by atoms with Gasteiger partial charge in [-0.05, 0) is 0 Å². The molecule has 1 heterocycles. The summed E-state index contributed by atoms with van der Waals surface area (Å²) in [5, 5.41) is 8.33. The molecule has 1 rings (SSSR count). The predicted molar refractivity (Wildman–Crippen MR) is 43.1 cm³/mol. The first-order valence-corrected chi connectivity index (χ1v) is 3.76. The molecule has 0 saturated carbocycles. The fourth-order valence-electron chi connectivity index (χ4n) is 0.926. The zero-order chi connectivity index (χ0) is 11.5. The molecule has 4 nitrogen and oxygen atoms in total. The minimum atomic E-state index is -4.88. The zero-order valence-corrected chi connectivity index (χ0v) is 7.26. The van der Waals surface area contributed by atoms with Crippen LogP contribution in [0.15, 0.2) is 17.1 Å². The third kappa shape index (κ3) is 3.34. The van der Waals surface area contributed by atoms with Gasteiger partial charge in [0.15, 0.2) is 0 Å². The maximum atomic E-state index is 11.9. The van der Waals surface area contributed by atoms with Crippen LogP contribution in [0.4, 0.5) is 13.2 Å². The number of pyridine rings is 1. The van der Waals surface area contributed by atoms with Gasteiger partial charge in [0, 0.05) is 17.8 Å². The van der Waals surface area contributed by atoms with E-state index in [1.807, 2.05) is 0 Å². The molecule has 0 amide bonds. The molecule has 80 valence electrons. The van der Waals surface area contributed by atoms with Gasteiger partial charge in [-0.1, -0.05) is 0 Å². The molecule has 0 saturated heterocycles. The number of hydrogen-bond donors (Lipinski definition) is 1. The Morgan fingerprint density at radius 2 is 2.20 bits per heavy atom. The van der Waals surface area contributed by atoms with Crippen LogP contribution in [0.3, 0.4) is 0 Å². The van der Waals surface area contributed by atoms with Crippen molar-refractivity contribution in [1.29, 1.82) is 5.26 Å². The Morgan fingerprint density at radius 3 is 2.73 bits per heavy atom. The zero-order valence-electron chi connectivity index (χ0n) is 7.26. The third-order valence-corrected chi connectivity index (χ3v) is 1.46. The Morgan fingerprint density at radius 1 is 1.53 bits per heavy atom. The molecule has 0 spiro atoms. The first kappa shape index (κ1) is 11.1. The molecular formula is C8H5F3N2O2. The highest BCUT2D eigenvalue weighted by Gasteiger charge is 2.32. The average Bonchev–Trinajstić information content (AvgIpc) is 2.07. The molecule has 1 aromatic heterocycles. The third-order valence-electron chi connectivity index (χ3n) is 1.46. The van der Waals surface area contributed by atoms with E-state index in [0.717, 1.165) is 6.20 Å². The molecule has 1 N–H and O–H groups in total. The van der Waals surface area contributed by atoms with Crippen LogP contribution in [0.2, 0.25) is 0 Å². The normalized spacial score (nSPS) is 10.8. The molecule has 1 aromatic rings. The Labute approximate surface area is 81.9 Å². The van der Waals surface area contributed by atoms with Crippen molar-refractivity contribution in [2.24, 2.45) is 0 Å². The van der Waals surface area contributed by atoms with Gasteiger partial charge in [-0.25, -0.2) is 0 Å². The van der Waals surface area contributed by atoms with Gasteiger partial charge >= 0.3 is 6.36 Å². The van der Waals surface area contributed by atoms with Crippen molar-refractivity contribution in [3.8, 4) is 11.8 Å². The van der Waals surface area contributed by atoms with Crippen molar-refractivity contribution >= 4 is 0 Å². The summed E-state index contributed by atoms with van der Waals surface area (Å²) in [4.78, 5) is 12.9. The molecule has 0 bridgehead atoms.